The molecule has 1 aromatic carbocycles. The normalized spacial score (nSPS) is 9.33. The van der Waals surface area contributed by atoms with Gasteiger partial charge in [0.15, 0.2) is 0 Å². The minimum absolute atomic E-state index is 0. The zero-order chi connectivity index (χ0) is 11.3. The molecule has 2 rings (SSSR count). The van der Waals surface area contributed by atoms with Crippen molar-refractivity contribution < 1.29 is 5.82 Å². The van der Waals surface area contributed by atoms with Crippen LogP contribution in [0.3, 0.4) is 0 Å². The van der Waals surface area contributed by atoms with Crippen LogP contribution < -0.4 is 0 Å². The molecule has 3 heteroatoms. The molecule has 1 aromatic heterocycles. The number of halogens is 1. The van der Waals surface area contributed by atoms with Gasteiger partial charge in [-0.05, 0) is 19.1 Å². The fourth-order valence-electron chi connectivity index (χ4n) is 1.23. The Balaban J connectivity index is 0.000000711. The van der Waals surface area contributed by atoms with Crippen molar-refractivity contribution in [3.63, 3.8) is 0 Å². The van der Waals surface area contributed by atoms with Crippen LogP contribution in [-0.2, 0) is 0 Å². The van der Waals surface area contributed by atoms with E-state index in [0.717, 1.165) is 5.56 Å². The summed E-state index contributed by atoms with van der Waals surface area (Å²) in [5, 5.41) is 0. The van der Waals surface area contributed by atoms with E-state index >= 15 is 0 Å². The summed E-state index contributed by atoms with van der Waals surface area (Å²) in [6.45, 7) is 5.92. The average molecular weight is 208 g/mol. The minimum atomic E-state index is -0.249. The molecule has 0 amide bonds. The molecule has 2 nitrogen and oxygen atoms in total. The number of nitrogens with one attached hydrogen (secondary N) is 1. The third kappa shape index (κ3) is 2.65. The van der Waals surface area contributed by atoms with E-state index in [1.165, 1.54) is 6.07 Å². The zero-order valence-corrected chi connectivity index (χ0v) is 9.21. The third-order valence-electron chi connectivity index (χ3n) is 1.88. The first-order valence-corrected chi connectivity index (χ1v) is 5.03. The molecule has 0 aliphatic heterocycles. The molecule has 0 atom stereocenters. The molecule has 0 saturated heterocycles. The first-order valence-electron chi connectivity index (χ1n) is 5.03. The van der Waals surface area contributed by atoms with E-state index in [4.69, 9.17) is 0 Å². The van der Waals surface area contributed by atoms with Gasteiger partial charge in [-0.2, -0.15) is 0 Å². The molecular weight excluding hydrogens is 191 g/mol. The van der Waals surface area contributed by atoms with Crippen molar-refractivity contribution in [1.29, 1.82) is 0 Å². The number of aryl methyl sites for hydroxylation is 1. The maximum Gasteiger partial charge on any atom is 0.140 e. The summed E-state index contributed by atoms with van der Waals surface area (Å²) in [4.78, 5) is 6.86. The van der Waals surface area contributed by atoms with Crippen molar-refractivity contribution in [2.24, 2.45) is 0 Å². The maximum absolute atomic E-state index is 13.3. The molecule has 1 heterocycles. The smallest absolute Gasteiger partial charge is 0.140 e. The molecule has 0 unspecified atom stereocenters. The van der Waals surface area contributed by atoms with Gasteiger partial charge in [0, 0.05) is 13.8 Å². The average Bonchev–Trinajstić information content (AvgIpc) is 2.78. The van der Waals surface area contributed by atoms with E-state index in [1.807, 2.05) is 20.8 Å². The van der Waals surface area contributed by atoms with Gasteiger partial charge < -0.3 is 4.98 Å². The quantitative estimate of drug-likeness (QED) is 0.758. The molecule has 0 aliphatic rings. The third-order valence-corrected chi connectivity index (χ3v) is 1.88. The summed E-state index contributed by atoms with van der Waals surface area (Å²) in [5.41, 5.74) is 1.54. The van der Waals surface area contributed by atoms with Crippen LogP contribution in [0.5, 0.6) is 0 Å². The Morgan fingerprint density at radius 1 is 1.33 bits per heavy atom. The summed E-state index contributed by atoms with van der Waals surface area (Å²) in [6.07, 6.45) is 3.29. The highest BCUT2D eigenvalue weighted by atomic mass is 19.1. The maximum atomic E-state index is 13.3. The standard InChI is InChI=1S/C10H9FN2.C2H6.H2/c1-7-2-3-9(11)8(6-7)10-12-4-5-13-10;1-2;/h2-6H,1H3,(H,12,13);1-2H3;1H. The molecule has 0 aliphatic carbocycles. The molecule has 82 valence electrons. The van der Waals surface area contributed by atoms with Crippen LogP contribution in [0.1, 0.15) is 20.8 Å². The number of H-pyrrole nitrogens is 1. The lowest BCUT2D eigenvalue weighted by Crippen LogP contribution is -1.87. The number of rotatable bonds is 1. The SMILES string of the molecule is CC.Cc1ccc(F)c(-c2ncc[nH]2)c1.[HH]. The van der Waals surface area contributed by atoms with Gasteiger partial charge in [-0.15, -0.1) is 0 Å². The van der Waals surface area contributed by atoms with E-state index in [-0.39, 0.29) is 7.24 Å². The molecule has 0 saturated carbocycles. The predicted molar refractivity (Wildman–Crippen MR) is 62.2 cm³/mol. The molecular formula is C12H17FN2. The highest BCUT2D eigenvalue weighted by molar-refractivity contribution is 5.56. The lowest BCUT2D eigenvalue weighted by atomic mass is 10.1. The Labute approximate surface area is 90.7 Å². The largest absolute Gasteiger partial charge is 0.345 e. The van der Waals surface area contributed by atoms with Crippen LogP contribution in [0.15, 0.2) is 30.6 Å². The molecule has 0 radical (unpaired) electrons. The van der Waals surface area contributed by atoms with Crippen molar-refractivity contribution >= 4 is 0 Å². The lowest BCUT2D eigenvalue weighted by Gasteiger charge is -2.00. The lowest BCUT2D eigenvalue weighted by molar-refractivity contribution is 0.630. The second-order valence-electron chi connectivity index (χ2n) is 2.92. The molecule has 2 aromatic rings. The van der Waals surface area contributed by atoms with Crippen LogP contribution >= 0.6 is 0 Å². The monoisotopic (exact) mass is 208 g/mol. The van der Waals surface area contributed by atoms with Crippen LogP contribution in [0.25, 0.3) is 11.4 Å². The van der Waals surface area contributed by atoms with Gasteiger partial charge in [0.1, 0.15) is 11.6 Å². The van der Waals surface area contributed by atoms with Gasteiger partial charge in [0.2, 0.25) is 0 Å². The van der Waals surface area contributed by atoms with Gasteiger partial charge in [-0.3, -0.25) is 0 Å². The van der Waals surface area contributed by atoms with Crippen molar-refractivity contribution in [2.75, 3.05) is 0 Å². The molecule has 15 heavy (non-hydrogen) atoms. The van der Waals surface area contributed by atoms with E-state index < -0.39 is 0 Å². The van der Waals surface area contributed by atoms with Crippen molar-refractivity contribution in [3.8, 4) is 11.4 Å². The second kappa shape index (κ2) is 5.29. The Hall–Kier alpha value is -1.64. The highest BCUT2D eigenvalue weighted by Gasteiger charge is 2.06. The molecule has 1 N–H and O–H groups in total. The zero-order valence-electron chi connectivity index (χ0n) is 9.21. The molecule has 0 bridgehead atoms. The minimum Gasteiger partial charge on any atom is -0.345 e. The van der Waals surface area contributed by atoms with Crippen LogP contribution in [-0.4, -0.2) is 9.97 Å². The fourth-order valence-corrected chi connectivity index (χ4v) is 1.23. The Morgan fingerprint density at radius 3 is 2.67 bits per heavy atom. The van der Waals surface area contributed by atoms with Gasteiger partial charge in [-0.25, -0.2) is 9.37 Å². The number of imidazole rings is 1. The number of nitrogens with zero attached hydrogens (tertiary/aromatic N) is 1. The summed E-state index contributed by atoms with van der Waals surface area (Å²) in [6, 6.07) is 4.96. The van der Waals surface area contributed by atoms with Crippen LogP contribution in [0.4, 0.5) is 4.39 Å². The highest BCUT2D eigenvalue weighted by Crippen LogP contribution is 2.19. The van der Waals surface area contributed by atoms with E-state index in [1.54, 1.807) is 24.5 Å². The first kappa shape index (κ1) is 11.4. The summed E-state index contributed by atoms with van der Waals surface area (Å²) < 4.78 is 13.3. The molecule has 0 spiro atoms. The van der Waals surface area contributed by atoms with Crippen molar-refractivity contribution in [2.45, 2.75) is 20.8 Å². The predicted octanol–water partition coefficient (Wildman–Crippen LogP) is 3.80. The van der Waals surface area contributed by atoms with Crippen molar-refractivity contribution in [1.82, 2.24) is 9.97 Å². The number of benzene rings is 1. The van der Waals surface area contributed by atoms with E-state index in [2.05, 4.69) is 9.97 Å². The number of hydrogen-bond donors (Lipinski definition) is 1. The number of hydrogen-bond acceptors (Lipinski definition) is 1. The number of aromatic nitrogens is 2. The van der Waals surface area contributed by atoms with E-state index in [9.17, 15) is 4.39 Å². The fraction of sp³-hybridized carbons (Fsp3) is 0.250. The topological polar surface area (TPSA) is 28.7 Å². The van der Waals surface area contributed by atoms with Crippen molar-refractivity contribution in [3.05, 3.63) is 42.0 Å². The summed E-state index contributed by atoms with van der Waals surface area (Å²) in [5.74, 6) is 0.321. The van der Waals surface area contributed by atoms with Gasteiger partial charge in [0.05, 0.1) is 5.56 Å². The van der Waals surface area contributed by atoms with Gasteiger partial charge in [-0.1, -0.05) is 25.5 Å². The summed E-state index contributed by atoms with van der Waals surface area (Å²) in [7, 11) is 0. The Kier molecular flexibility index (Phi) is 4.03. The first-order chi connectivity index (χ1) is 7.27. The van der Waals surface area contributed by atoms with Gasteiger partial charge >= 0.3 is 0 Å². The second-order valence-corrected chi connectivity index (χ2v) is 2.92. The Morgan fingerprint density at radius 2 is 2.07 bits per heavy atom. The van der Waals surface area contributed by atoms with Gasteiger partial charge in [0.25, 0.3) is 0 Å². The van der Waals surface area contributed by atoms with E-state index in [0.29, 0.717) is 11.4 Å². The van der Waals surface area contributed by atoms with Crippen LogP contribution in [0.2, 0.25) is 0 Å². The molecule has 0 fully saturated rings. The summed E-state index contributed by atoms with van der Waals surface area (Å²) >= 11 is 0. The Bertz CT molecular complexity index is 413. The van der Waals surface area contributed by atoms with Crippen LogP contribution in [0, 0.1) is 12.7 Å². The number of aromatic amines is 1.